The van der Waals surface area contributed by atoms with Gasteiger partial charge in [0.1, 0.15) is 6.33 Å². The molecule has 0 radical (unpaired) electrons. The monoisotopic (exact) mass is 237 g/mol. The quantitative estimate of drug-likeness (QED) is 0.659. The lowest BCUT2D eigenvalue weighted by Crippen LogP contribution is -2.45. The van der Waals surface area contributed by atoms with Crippen LogP contribution in [0.2, 0.25) is 0 Å². The minimum absolute atomic E-state index is 0.184. The molecule has 2 heterocycles. The number of aliphatic hydroxyl groups is 2. The summed E-state index contributed by atoms with van der Waals surface area (Å²) >= 11 is 0. The molecule has 0 amide bonds. The fourth-order valence-electron chi connectivity index (χ4n) is 1.54. The maximum Gasteiger partial charge on any atom is 0.203 e. The van der Waals surface area contributed by atoms with Crippen LogP contribution in [0.25, 0.3) is 5.65 Å². The molecule has 7 nitrogen and oxygen atoms in total. The molecule has 0 unspecified atom stereocenters. The topological polar surface area (TPSA) is 95.6 Å². The van der Waals surface area contributed by atoms with Crippen molar-refractivity contribution in [3.8, 4) is 0 Å². The zero-order valence-electron chi connectivity index (χ0n) is 9.54. The predicted molar refractivity (Wildman–Crippen MR) is 61.6 cm³/mol. The normalized spacial score (nSPS) is 11.9. The summed E-state index contributed by atoms with van der Waals surface area (Å²) in [5.41, 5.74) is -0.229. The number of aromatic nitrogens is 4. The van der Waals surface area contributed by atoms with Gasteiger partial charge in [0.2, 0.25) is 5.65 Å². The highest BCUT2D eigenvalue weighted by Gasteiger charge is 2.27. The number of hydrogen-bond acceptors (Lipinski definition) is 6. The van der Waals surface area contributed by atoms with Crippen LogP contribution >= 0.6 is 0 Å². The van der Waals surface area contributed by atoms with Gasteiger partial charge in [-0.15, -0.1) is 10.2 Å². The molecule has 17 heavy (non-hydrogen) atoms. The Hall–Kier alpha value is -1.73. The van der Waals surface area contributed by atoms with E-state index < -0.39 is 5.54 Å². The van der Waals surface area contributed by atoms with E-state index >= 15 is 0 Å². The summed E-state index contributed by atoms with van der Waals surface area (Å²) in [5, 5.41) is 29.5. The number of aliphatic hydroxyl groups excluding tert-OH is 2. The van der Waals surface area contributed by atoms with Crippen molar-refractivity contribution < 1.29 is 10.2 Å². The Bertz CT molecular complexity index is 486. The summed E-state index contributed by atoms with van der Waals surface area (Å²) in [6.07, 6.45) is 5.46. The second-order valence-corrected chi connectivity index (χ2v) is 3.91. The molecule has 7 heteroatoms. The van der Waals surface area contributed by atoms with Gasteiger partial charge in [0, 0.05) is 12.4 Å². The molecule has 0 saturated heterocycles. The van der Waals surface area contributed by atoms with E-state index in [1.165, 1.54) is 0 Å². The van der Waals surface area contributed by atoms with Crippen LogP contribution in [-0.2, 0) is 0 Å². The average Bonchev–Trinajstić information content (AvgIpc) is 2.85. The second kappa shape index (κ2) is 4.64. The first-order chi connectivity index (χ1) is 8.24. The van der Waals surface area contributed by atoms with Crippen molar-refractivity contribution in [2.75, 3.05) is 18.5 Å². The summed E-state index contributed by atoms with van der Waals surface area (Å²) in [5.74, 6) is 0.495. The molecule has 2 aromatic rings. The highest BCUT2D eigenvalue weighted by molar-refractivity contribution is 5.62. The Balaban J connectivity index is 2.37. The first-order valence-corrected chi connectivity index (χ1v) is 5.39. The van der Waals surface area contributed by atoms with Gasteiger partial charge in [-0.1, -0.05) is 6.92 Å². The maximum absolute atomic E-state index is 9.37. The molecule has 3 N–H and O–H groups in total. The third-order valence-electron chi connectivity index (χ3n) is 2.88. The van der Waals surface area contributed by atoms with E-state index in [4.69, 9.17) is 0 Å². The van der Waals surface area contributed by atoms with Crippen LogP contribution in [0.1, 0.15) is 13.3 Å². The zero-order valence-corrected chi connectivity index (χ0v) is 9.54. The number of nitrogens with one attached hydrogen (secondary N) is 1. The molecular weight excluding hydrogens is 222 g/mol. The SMILES string of the molecule is CCC(CO)(CO)Nc1nccn2cnnc12. The van der Waals surface area contributed by atoms with E-state index in [1.807, 2.05) is 6.92 Å². The summed E-state index contributed by atoms with van der Waals surface area (Å²) in [6, 6.07) is 0. The summed E-state index contributed by atoms with van der Waals surface area (Å²) in [7, 11) is 0. The van der Waals surface area contributed by atoms with Gasteiger partial charge < -0.3 is 15.5 Å². The number of fused-ring (bicyclic) bond motifs is 1. The number of nitrogens with zero attached hydrogens (tertiary/aromatic N) is 4. The van der Waals surface area contributed by atoms with Crippen molar-refractivity contribution in [1.82, 2.24) is 19.6 Å². The maximum atomic E-state index is 9.37. The van der Waals surface area contributed by atoms with Crippen molar-refractivity contribution in [2.45, 2.75) is 18.9 Å². The van der Waals surface area contributed by atoms with Crippen molar-refractivity contribution in [1.29, 1.82) is 0 Å². The van der Waals surface area contributed by atoms with Gasteiger partial charge in [-0.3, -0.25) is 4.40 Å². The van der Waals surface area contributed by atoms with Crippen LogP contribution in [0, 0.1) is 0 Å². The van der Waals surface area contributed by atoms with Gasteiger partial charge in [-0.25, -0.2) is 4.98 Å². The Morgan fingerprint density at radius 2 is 2.18 bits per heavy atom. The zero-order chi connectivity index (χ0) is 12.3. The molecule has 0 spiro atoms. The minimum Gasteiger partial charge on any atom is -0.394 e. The van der Waals surface area contributed by atoms with Gasteiger partial charge in [0.25, 0.3) is 0 Å². The lowest BCUT2D eigenvalue weighted by Gasteiger charge is -2.30. The molecule has 0 saturated carbocycles. The van der Waals surface area contributed by atoms with E-state index in [1.54, 1.807) is 23.1 Å². The molecule has 0 aromatic carbocycles. The molecule has 2 rings (SSSR count). The van der Waals surface area contributed by atoms with Crippen molar-refractivity contribution >= 4 is 11.5 Å². The van der Waals surface area contributed by atoms with Crippen molar-refractivity contribution in [3.63, 3.8) is 0 Å². The third kappa shape index (κ3) is 2.06. The molecule has 0 aliphatic heterocycles. The van der Waals surface area contributed by atoms with Gasteiger partial charge >= 0.3 is 0 Å². The van der Waals surface area contributed by atoms with E-state index in [2.05, 4.69) is 20.5 Å². The predicted octanol–water partition coefficient (Wildman–Crippen LogP) is -0.330. The molecule has 0 fully saturated rings. The van der Waals surface area contributed by atoms with Gasteiger partial charge in [0.05, 0.1) is 18.8 Å². The van der Waals surface area contributed by atoms with Gasteiger partial charge in [-0.2, -0.15) is 0 Å². The Labute approximate surface area is 98.1 Å². The summed E-state index contributed by atoms with van der Waals surface area (Å²) in [4.78, 5) is 4.15. The smallest absolute Gasteiger partial charge is 0.203 e. The first-order valence-electron chi connectivity index (χ1n) is 5.39. The van der Waals surface area contributed by atoms with E-state index in [-0.39, 0.29) is 13.2 Å². The van der Waals surface area contributed by atoms with Crippen LogP contribution in [0.3, 0.4) is 0 Å². The fourth-order valence-corrected chi connectivity index (χ4v) is 1.54. The van der Waals surface area contributed by atoms with Gasteiger partial charge in [0.15, 0.2) is 5.82 Å². The van der Waals surface area contributed by atoms with Crippen LogP contribution in [0.15, 0.2) is 18.7 Å². The molecular formula is C10H15N5O2. The number of hydrogen-bond donors (Lipinski definition) is 3. The largest absolute Gasteiger partial charge is 0.394 e. The lowest BCUT2D eigenvalue weighted by atomic mass is 9.98. The highest BCUT2D eigenvalue weighted by atomic mass is 16.3. The average molecular weight is 237 g/mol. The highest BCUT2D eigenvalue weighted by Crippen LogP contribution is 2.19. The Morgan fingerprint density at radius 3 is 2.82 bits per heavy atom. The van der Waals surface area contributed by atoms with Crippen LogP contribution in [-0.4, -0.2) is 48.5 Å². The molecule has 0 aliphatic rings. The van der Waals surface area contributed by atoms with Crippen molar-refractivity contribution in [3.05, 3.63) is 18.7 Å². The molecule has 92 valence electrons. The van der Waals surface area contributed by atoms with E-state index in [0.29, 0.717) is 17.9 Å². The van der Waals surface area contributed by atoms with Crippen LogP contribution in [0.4, 0.5) is 5.82 Å². The molecule has 2 aromatic heterocycles. The molecule has 0 atom stereocenters. The van der Waals surface area contributed by atoms with Crippen LogP contribution in [0.5, 0.6) is 0 Å². The minimum atomic E-state index is -0.791. The van der Waals surface area contributed by atoms with E-state index in [9.17, 15) is 10.2 Å². The Morgan fingerprint density at radius 1 is 1.41 bits per heavy atom. The molecule has 0 aliphatic carbocycles. The Kier molecular flexibility index (Phi) is 3.21. The van der Waals surface area contributed by atoms with Gasteiger partial charge in [-0.05, 0) is 6.42 Å². The second-order valence-electron chi connectivity index (χ2n) is 3.91. The van der Waals surface area contributed by atoms with Crippen molar-refractivity contribution in [2.24, 2.45) is 0 Å². The fraction of sp³-hybridized carbons (Fsp3) is 0.500. The standard InChI is InChI=1S/C10H15N5O2/c1-2-10(5-16,6-17)13-8-9-14-12-7-15(9)4-3-11-8/h3-4,7,16-17H,2,5-6H2,1H3,(H,11,13). The summed E-state index contributed by atoms with van der Waals surface area (Å²) < 4.78 is 1.71. The molecule has 0 bridgehead atoms. The lowest BCUT2D eigenvalue weighted by molar-refractivity contribution is 0.132. The van der Waals surface area contributed by atoms with E-state index in [0.717, 1.165) is 0 Å². The number of anilines is 1. The third-order valence-corrected chi connectivity index (χ3v) is 2.88. The number of rotatable bonds is 5. The first kappa shape index (κ1) is 11.7. The summed E-state index contributed by atoms with van der Waals surface area (Å²) in [6.45, 7) is 1.51. The van der Waals surface area contributed by atoms with Crippen LogP contribution < -0.4 is 5.32 Å².